The highest BCUT2D eigenvalue weighted by molar-refractivity contribution is 5.73. The number of ether oxygens (including phenoxy) is 2. The first-order valence-corrected chi connectivity index (χ1v) is 6.28. The molecule has 0 amide bonds. The highest BCUT2D eigenvalue weighted by Gasteiger charge is 2.31. The fourth-order valence-electron chi connectivity index (χ4n) is 1.83. The van der Waals surface area contributed by atoms with Crippen LogP contribution in [0.15, 0.2) is 0 Å². The van der Waals surface area contributed by atoms with Crippen LogP contribution in [0.25, 0.3) is 0 Å². The Labute approximate surface area is 109 Å². The summed E-state index contributed by atoms with van der Waals surface area (Å²) in [6, 6.07) is 0. The van der Waals surface area contributed by atoms with E-state index in [9.17, 15) is 23.5 Å². The number of hydrogen-bond donors (Lipinski definition) is 0. The van der Waals surface area contributed by atoms with Gasteiger partial charge in [0.1, 0.15) is 18.7 Å². The maximum Gasteiger partial charge on any atom is 0.309 e. The summed E-state index contributed by atoms with van der Waals surface area (Å²) in [7, 11) is 0. The number of alkyl halides is 2. The number of esters is 1. The standard InChI is InChI=1S/C12H18F2O5/c13-12(14,11(16)17)8-18-7-3-6-10(15)19-9-4-1-2-5-9/h9H,1-8H2,(H,16,17)/p-1. The van der Waals surface area contributed by atoms with E-state index < -0.39 is 18.5 Å². The number of rotatable bonds is 8. The Kier molecular flexibility index (Phi) is 6.14. The quantitative estimate of drug-likeness (QED) is 0.482. The Morgan fingerprint density at radius 1 is 1.26 bits per heavy atom. The van der Waals surface area contributed by atoms with Crippen molar-refractivity contribution in [2.75, 3.05) is 13.2 Å². The van der Waals surface area contributed by atoms with E-state index in [1.807, 2.05) is 0 Å². The van der Waals surface area contributed by atoms with Crippen molar-refractivity contribution < 1.29 is 33.0 Å². The van der Waals surface area contributed by atoms with Crippen LogP contribution in [0, 0.1) is 0 Å². The van der Waals surface area contributed by atoms with E-state index >= 15 is 0 Å². The minimum Gasteiger partial charge on any atom is -0.544 e. The third kappa shape index (κ3) is 5.96. The first-order chi connectivity index (χ1) is 8.92. The zero-order chi connectivity index (χ0) is 14.3. The monoisotopic (exact) mass is 279 g/mol. The SMILES string of the molecule is O=C(CCCOCC(F)(F)C(=O)[O-])OC1CCCC1. The average molecular weight is 279 g/mol. The van der Waals surface area contributed by atoms with Crippen LogP contribution in [-0.2, 0) is 19.1 Å². The van der Waals surface area contributed by atoms with E-state index in [4.69, 9.17) is 4.74 Å². The van der Waals surface area contributed by atoms with E-state index in [-0.39, 0.29) is 31.5 Å². The van der Waals surface area contributed by atoms with Gasteiger partial charge in [0.2, 0.25) is 0 Å². The summed E-state index contributed by atoms with van der Waals surface area (Å²) in [5, 5.41) is 9.97. The fraction of sp³-hybridized carbons (Fsp3) is 0.833. The van der Waals surface area contributed by atoms with Crippen LogP contribution in [0.1, 0.15) is 38.5 Å². The zero-order valence-corrected chi connectivity index (χ0v) is 10.5. The Bertz CT molecular complexity index is 313. The van der Waals surface area contributed by atoms with Gasteiger partial charge in [-0.25, -0.2) is 0 Å². The van der Waals surface area contributed by atoms with E-state index in [0.29, 0.717) is 0 Å². The Balaban J connectivity index is 2.04. The van der Waals surface area contributed by atoms with E-state index in [2.05, 4.69) is 4.74 Å². The molecule has 0 N–H and O–H groups in total. The predicted octanol–water partition coefficient (Wildman–Crippen LogP) is 0.654. The molecule has 1 rings (SSSR count). The van der Waals surface area contributed by atoms with Gasteiger partial charge in [0.25, 0.3) is 0 Å². The molecule has 0 unspecified atom stereocenters. The molecule has 0 aromatic rings. The van der Waals surface area contributed by atoms with Crippen molar-refractivity contribution in [3.63, 3.8) is 0 Å². The van der Waals surface area contributed by atoms with Crippen LogP contribution >= 0.6 is 0 Å². The van der Waals surface area contributed by atoms with Gasteiger partial charge in [-0.05, 0) is 32.1 Å². The molecule has 0 aliphatic heterocycles. The number of aliphatic carboxylic acids is 1. The summed E-state index contributed by atoms with van der Waals surface area (Å²) in [5.74, 6) is -6.83. The molecule has 1 aliphatic rings. The molecule has 1 aliphatic carbocycles. The summed E-state index contributed by atoms with van der Waals surface area (Å²) < 4.78 is 34.7. The average Bonchev–Trinajstić information content (AvgIpc) is 2.81. The van der Waals surface area contributed by atoms with Gasteiger partial charge in [0.05, 0.1) is 0 Å². The lowest BCUT2D eigenvalue weighted by atomic mass is 10.3. The van der Waals surface area contributed by atoms with Gasteiger partial charge in [-0.3, -0.25) is 4.79 Å². The second-order valence-electron chi connectivity index (χ2n) is 4.54. The molecule has 1 saturated carbocycles. The molecule has 0 radical (unpaired) electrons. The number of halogens is 2. The Morgan fingerprint density at radius 3 is 2.47 bits per heavy atom. The molecular formula is C12H17F2O5-. The second-order valence-corrected chi connectivity index (χ2v) is 4.54. The molecule has 0 bridgehead atoms. The molecular weight excluding hydrogens is 262 g/mol. The maximum absolute atomic E-state index is 12.5. The summed E-state index contributed by atoms with van der Waals surface area (Å²) in [6.07, 6.45) is 4.14. The predicted molar refractivity (Wildman–Crippen MR) is 58.4 cm³/mol. The van der Waals surface area contributed by atoms with Crippen molar-refractivity contribution in [2.24, 2.45) is 0 Å². The number of carboxylic acid groups (broad SMARTS) is 1. The molecule has 0 aromatic heterocycles. The van der Waals surface area contributed by atoms with Crippen LogP contribution in [0.2, 0.25) is 0 Å². The van der Waals surface area contributed by atoms with Crippen molar-refractivity contribution in [3.8, 4) is 0 Å². The van der Waals surface area contributed by atoms with Crippen LogP contribution in [0.4, 0.5) is 8.78 Å². The number of carbonyl (C=O) groups excluding carboxylic acids is 2. The van der Waals surface area contributed by atoms with Crippen molar-refractivity contribution in [3.05, 3.63) is 0 Å². The molecule has 1 fully saturated rings. The molecule has 7 heteroatoms. The van der Waals surface area contributed by atoms with Crippen molar-refractivity contribution in [1.29, 1.82) is 0 Å². The lowest BCUT2D eigenvalue weighted by molar-refractivity contribution is -0.332. The van der Waals surface area contributed by atoms with Crippen LogP contribution in [-0.4, -0.2) is 37.2 Å². The van der Waals surface area contributed by atoms with Gasteiger partial charge in [0, 0.05) is 13.0 Å². The van der Waals surface area contributed by atoms with E-state index in [0.717, 1.165) is 25.7 Å². The summed E-state index contributed by atoms with van der Waals surface area (Å²) >= 11 is 0. The molecule has 0 spiro atoms. The third-order valence-corrected chi connectivity index (χ3v) is 2.85. The van der Waals surface area contributed by atoms with Gasteiger partial charge in [-0.1, -0.05) is 0 Å². The normalized spacial score (nSPS) is 16.5. The maximum atomic E-state index is 12.5. The van der Waals surface area contributed by atoms with Crippen molar-refractivity contribution in [1.82, 2.24) is 0 Å². The zero-order valence-electron chi connectivity index (χ0n) is 10.5. The highest BCUT2D eigenvalue weighted by Crippen LogP contribution is 2.21. The second kappa shape index (κ2) is 7.37. The van der Waals surface area contributed by atoms with Crippen LogP contribution in [0.5, 0.6) is 0 Å². The number of hydrogen-bond acceptors (Lipinski definition) is 5. The van der Waals surface area contributed by atoms with Crippen molar-refractivity contribution >= 4 is 11.9 Å². The van der Waals surface area contributed by atoms with Crippen molar-refractivity contribution in [2.45, 2.75) is 50.6 Å². The Hall–Kier alpha value is -1.24. The molecule has 19 heavy (non-hydrogen) atoms. The smallest absolute Gasteiger partial charge is 0.309 e. The number of carbonyl (C=O) groups is 2. The third-order valence-electron chi connectivity index (χ3n) is 2.85. The van der Waals surface area contributed by atoms with Crippen LogP contribution < -0.4 is 5.11 Å². The topological polar surface area (TPSA) is 75.7 Å². The highest BCUT2D eigenvalue weighted by atomic mass is 19.3. The van der Waals surface area contributed by atoms with Gasteiger partial charge in [-0.2, -0.15) is 8.78 Å². The largest absolute Gasteiger partial charge is 0.544 e. The lowest BCUT2D eigenvalue weighted by Gasteiger charge is -2.17. The van der Waals surface area contributed by atoms with E-state index in [1.165, 1.54) is 0 Å². The summed E-state index contributed by atoms with van der Waals surface area (Å²) in [6.45, 7) is -1.37. The van der Waals surface area contributed by atoms with Gasteiger partial charge >= 0.3 is 11.9 Å². The molecule has 0 atom stereocenters. The molecule has 0 heterocycles. The van der Waals surface area contributed by atoms with Gasteiger partial charge < -0.3 is 19.4 Å². The fourth-order valence-corrected chi connectivity index (χ4v) is 1.83. The molecule has 0 saturated heterocycles. The first-order valence-electron chi connectivity index (χ1n) is 6.28. The first kappa shape index (κ1) is 15.8. The Morgan fingerprint density at radius 2 is 1.89 bits per heavy atom. The summed E-state index contributed by atoms with van der Waals surface area (Å²) in [4.78, 5) is 21.3. The van der Waals surface area contributed by atoms with Gasteiger partial charge in [-0.15, -0.1) is 0 Å². The molecule has 110 valence electrons. The van der Waals surface area contributed by atoms with Crippen LogP contribution in [0.3, 0.4) is 0 Å². The number of carboxylic acids is 1. The lowest BCUT2D eigenvalue weighted by Crippen LogP contribution is -2.44. The minimum atomic E-state index is -4.00. The minimum absolute atomic E-state index is 0.0177. The van der Waals surface area contributed by atoms with E-state index in [1.54, 1.807) is 0 Å². The van der Waals surface area contributed by atoms with Gasteiger partial charge in [0.15, 0.2) is 0 Å². The summed E-state index contributed by atoms with van der Waals surface area (Å²) in [5.41, 5.74) is 0. The molecule has 0 aromatic carbocycles. The molecule has 5 nitrogen and oxygen atoms in total.